The van der Waals surface area contributed by atoms with Gasteiger partial charge in [0.1, 0.15) is 5.82 Å². The van der Waals surface area contributed by atoms with Crippen molar-refractivity contribution in [3.8, 4) is 0 Å². The largest absolute Gasteiger partial charge is 0.468 e. The predicted octanol–water partition coefficient (Wildman–Crippen LogP) is 1.83. The Labute approximate surface area is 116 Å². The van der Waals surface area contributed by atoms with Gasteiger partial charge in [-0.2, -0.15) is 0 Å². The number of hydrogen-bond acceptors (Lipinski definition) is 5. The number of hydrogen-bond donors (Lipinski definition) is 1. The highest BCUT2D eigenvalue weighted by Gasteiger charge is 2.07. The number of nitrogens with one attached hydrogen (secondary N) is 1. The highest BCUT2D eigenvalue weighted by Crippen LogP contribution is 2.22. The van der Waals surface area contributed by atoms with E-state index in [1.807, 2.05) is 6.07 Å². The molecule has 1 aromatic rings. The molecule has 4 nitrogen and oxygen atoms in total. The summed E-state index contributed by atoms with van der Waals surface area (Å²) < 4.78 is 23.2. The van der Waals surface area contributed by atoms with Crippen molar-refractivity contribution in [3.63, 3.8) is 0 Å². The second-order valence-corrected chi connectivity index (χ2v) is 4.82. The van der Waals surface area contributed by atoms with Crippen LogP contribution in [-0.2, 0) is 20.8 Å². The van der Waals surface area contributed by atoms with Crippen molar-refractivity contribution in [2.24, 2.45) is 0 Å². The van der Waals surface area contributed by atoms with Gasteiger partial charge in [-0.05, 0) is 17.7 Å². The maximum Gasteiger partial charge on any atom is 0.315 e. The number of esters is 1. The van der Waals surface area contributed by atoms with Gasteiger partial charge in [-0.3, -0.25) is 4.79 Å². The topological polar surface area (TPSA) is 47.6 Å². The molecule has 0 bridgehead atoms. The molecule has 0 spiro atoms. The Morgan fingerprint density at radius 2 is 2.21 bits per heavy atom. The molecule has 1 rings (SSSR count). The quantitative estimate of drug-likeness (QED) is 0.449. The summed E-state index contributed by atoms with van der Waals surface area (Å²) in [7, 11) is 2.95. The third-order valence-corrected chi connectivity index (χ3v) is 3.40. The molecule has 0 saturated heterocycles. The van der Waals surface area contributed by atoms with Crippen molar-refractivity contribution < 1.29 is 18.7 Å². The summed E-state index contributed by atoms with van der Waals surface area (Å²) in [4.78, 5) is 11.4. The van der Waals surface area contributed by atoms with Crippen LogP contribution in [0.1, 0.15) is 5.56 Å². The fourth-order valence-corrected chi connectivity index (χ4v) is 2.13. The van der Waals surface area contributed by atoms with Crippen molar-refractivity contribution in [3.05, 3.63) is 29.6 Å². The molecule has 0 saturated carbocycles. The molecule has 0 unspecified atom stereocenters. The minimum absolute atomic E-state index is 0.110. The summed E-state index contributed by atoms with van der Waals surface area (Å²) in [6.07, 6.45) is 0. The maximum absolute atomic E-state index is 13.8. The normalized spacial score (nSPS) is 10.5. The summed E-state index contributed by atoms with van der Waals surface area (Å²) in [5, 5.41) is 3.14. The number of ether oxygens (including phenoxy) is 2. The van der Waals surface area contributed by atoms with Gasteiger partial charge in [0.05, 0.1) is 19.5 Å². The van der Waals surface area contributed by atoms with E-state index in [-0.39, 0.29) is 17.5 Å². The lowest BCUT2D eigenvalue weighted by Gasteiger charge is -2.07. The minimum atomic E-state index is -0.366. The van der Waals surface area contributed by atoms with Gasteiger partial charge in [-0.1, -0.05) is 6.07 Å². The molecule has 0 atom stereocenters. The smallest absolute Gasteiger partial charge is 0.315 e. The van der Waals surface area contributed by atoms with E-state index in [9.17, 15) is 9.18 Å². The third-order valence-electron chi connectivity index (χ3n) is 2.38. The van der Waals surface area contributed by atoms with Gasteiger partial charge in [0.15, 0.2) is 0 Å². The highest BCUT2D eigenvalue weighted by atomic mass is 32.2. The van der Waals surface area contributed by atoms with Crippen LogP contribution in [0.15, 0.2) is 23.1 Å². The van der Waals surface area contributed by atoms with E-state index in [4.69, 9.17) is 4.74 Å². The summed E-state index contributed by atoms with van der Waals surface area (Å²) >= 11 is 1.13. The van der Waals surface area contributed by atoms with Crippen LogP contribution in [-0.4, -0.2) is 39.1 Å². The van der Waals surface area contributed by atoms with Crippen LogP contribution in [0.4, 0.5) is 4.39 Å². The molecule has 0 aliphatic carbocycles. The van der Waals surface area contributed by atoms with Crippen molar-refractivity contribution in [2.75, 3.05) is 33.1 Å². The standard InChI is InChI=1S/C13H18FNO3S/c1-17-6-5-15-8-10-3-4-12(11(14)7-10)19-9-13(16)18-2/h3-4,7,15H,5-6,8-9H2,1-2H3. The molecule has 19 heavy (non-hydrogen) atoms. The van der Waals surface area contributed by atoms with Gasteiger partial charge in [-0.15, -0.1) is 11.8 Å². The van der Waals surface area contributed by atoms with E-state index in [2.05, 4.69) is 10.1 Å². The molecular weight excluding hydrogens is 269 g/mol. The molecule has 0 heterocycles. The van der Waals surface area contributed by atoms with Crippen molar-refractivity contribution in [1.29, 1.82) is 0 Å². The van der Waals surface area contributed by atoms with E-state index >= 15 is 0 Å². The number of halogens is 1. The molecule has 106 valence electrons. The maximum atomic E-state index is 13.8. The van der Waals surface area contributed by atoms with Gasteiger partial charge in [0.25, 0.3) is 0 Å². The zero-order valence-corrected chi connectivity index (χ0v) is 11.9. The lowest BCUT2D eigenvalue weighted by atomic mass is 10.2. The van der Waals surface area contributed by atoms with Crippen LogP contribution in [0.2, 0.25) is 0 Å². The Bertz CT molecular complexity index is 415. The molecule has 0 aliphatic heterocycles. The average molecular weight is 287 g/mol. The van der Waals surface area contributed by atoms with Gasteiger partial charge in [-0.25, -0.2) is 4.39 Å². The van der Waals surface area contributed by atoms with Gasteiger partial charge in [0, 0.05) is 25.1 Å². The summed E-state index contributed by atoms with van der Waals surface area (Å²) in [5.41, 5.74) is 0.857. The summed E-state index contributed by atoms with van der Waals surface area (Å²) in [5.74, 6) is -0.576. The SMILES string of the molecule is COCCNCc1ccc(SCC(=O)OC)c(F)c1. The number of carbonyl (C=O) groups excluding carboxylic acids is 1. The molecule has 0 radical (unpaired) electrons. The number of methoxy groups -OCH3 is 2. The summed E-state index contributed by atoms with van der Waals surface area (Å²) in [6.45, 7) is 1.93. The zero-order chi connectivity index (χ0) is 14.1. The van der Waals surface area contributed by atoms with E-state index in [1.54, 1.807) is 13.2 Å². The second kappa shape index (κ2) is 8.90. The highest BCUT2D eigenvalue weighted by molar-refractivity contribution is 8.00. The second-order valence-electron chi connectivity index (χ2n) is 3.80. The molecule has 0 amide bonds. The molecule has 0 fully saturated rings. The molecule has 1 aromatic carbocycles. The molecule has 0 aliphatic rings. The number of carbonyl (C=O) groups is 1. The lowest BCUT2D eigenvalue weighted by molar-refractivity contribution is -0.137. The Kier molecular flexibility index (Phi) is 7.47. The van der Waals surface area contributed by atoms with Gasteiger partial charge >= 0.3 is 5.97 Å². The lowest BCUT2D eigenvalue weighted by Crippen LogP contribution is -2.18. The van der Waals surface area contributed by atoms with Gasteiger partial charge < -0.3 is 14.8 Å². The Hall–Kier alpha value is -1.11. The number of benzene rings is 1. The van der Waals surface area contributed by atoms with Crippen molar-refractivity contribution >= 4 is 17.7 Å². The Morgan fingerprint density at radius 3 is 2.84 bits per heavy atom. The van der Waals surface area contributed by atoms with Crippen LogP contribution in [0.25, 0.3) is 0 Å². The molecule has 1 N–H and O–H groups in total. The number of thioether (sulfide) groups is 1. The van der Waals surface area contributed by atoms with Crippen LogP contribution in [0.5, 0.6) is 0 Å². The van der Waals surface area contributed by atoms with E-state index in [0.717, 1.165) is 23.9 Å². The van der Waals surface area contributed by atoms with E-state index in [0.29, 0.717) is 18.0 Å². The van der Waals surface area contributed by atoms with Crippen LogP contribution < -0.4 is 5.32 Å². The third kappa shape index (κ3) is 6.04. The Balaban J connectivity index is 2.47. The number of rotatable bonds is 8. The van der Waals surface area contributed by atoms with Gasteiger partial charge in [0.2, 0.25) is 0 Å². The van der Waals surface area contributed by atoms with E-state index in [1.165, 1.54) is 13.2 Å². The molecule has 0 aromatic heterocycles. The van der Waals surface area contributed by atoms with Crippen LogP contribution >= 0.6 is 11.8 Å². The monoisotopic (exact) mass is 287 g/mol. The average Bonchev–Trinajstić information content (AvgIpc) is 2.42. The first-order valence-electron chi connectivity index (χ1n) is 5.85. The summed E-state index contributed by atoms with van der Waals surface area (Å²) in [6, 6.07) is 4.98. The first kappa shape index (κ1) is 15.9. The molecule has 6 heteroatoms. The Morgan fingerprint density at radius 1 is 1.42 bits per heavy atom. The predicted molar refractivity (Wildman–Crippen MR) is 72.7 cm³/mol. The first-order valence-corrected chi connectivity index (χ1v) is 6.83. The van der Waals surface area contributed by atoms with E-state index < -0.39 is 0 Å². The minimum Gasteiger partial charge on any atom is -0.468 e. The molecular formula is C13H18FNO3S. The van der Waals surface area contributed by atoms with Crippen molar-refractivity contribution in [1.82, 2.24) is 5.32 Å². The fraction of sp³-hybridized carbons (Fsp3) is 0.462. The van der Waals surface area contributed by atoms with Crippen molar-refractivity contribution in [2.45, 2.75) is 11.4 Å². The van der Waals surface area contributed by atoms with Crippen LogP contribution in [0, 0.1) is 5.82 Å². The zero-order valence-electron chi connectivity index (χ0n) is 11.1. The first-order chi connectivity index (χ1) is 9.17. The van der Waals surface area contributed by atoms with Crippen LogP contribution in [0.3, 0.4) is 0 Å². The fourth-order valence-electron chi connectivity index (χ4n) is 1.37.